The molecule has 0 radical (unpaired) electrons. The van der Waals surface area contributed by atoms with Gasteiger partial charge in [-0.3, -0.25) is 0 Å². The van der Waals surface area contributed by atoms with Gasteiger partial charge in [-0.25, -0.2) is 10.2 Å². The number of carbonyl (C=O) groups is 1. The average Bonchev–Trinajstić information content (AvgIpc) is 2.96. The molecule has 0 aliphatic carbocycles. The van der Waals surface area contributed by atoms with Crippen molar-refractivity contribution >= 4 is 18.1 Å². The molecule has 1 aromatic carbocycles. The van der Waals surface area contributed by atoms with E-state index < -0.39 is 11.0 Å². The third-order valence-corrected chi connectivity index (χ3v) is 2.84. The van der Waals surface area contributed by atoms with Gasteiger partial charge in [-0.1, -0.05) is 0 Å². The first-order valence-electron chi connectivity index (χ1n) is 6.43. The number of hydrogen-bond acceptors (Lipinski definition) is 6. The zero-order valence-electron chi connectivity index (χ0n) is 12.2. The molecule has 1 heterocycles. The Hall–Kier alpha value is -3.43. The van der Waals surface area contributed by atoms with Crippen LogP contribution >= 0.6 is 0 Å². The largest absolute Gasteiger partial charge is 0.496 e. The number of aromatic nitrogens is 2. The highest BCUT2D eigenvalue weighted by atomic mass is 16.6. The number of nitro groups is 1. The summed E-state index contributed by atoms with van der Waals surface area (Å²) in [6, 6.07) is 5.77. The van der Waals surface area contributed by atoms with Crippen LogP contribution in [0.4, 0.5) is 10.6 Å². The number of hydrazone groups is 1. The number of hydrogen-bond donors (Lipinski definition) is 2. The van der Waals surface area contributed by atoms with E-state index in [1.54, 1.807) is 18.2 Å². The fourth-order valence-electron chi connectivity index (χ4n) is 1.88. The number of methoxy groups -OCH3 is 1. The monoisotopic (exact) mass is 318 g/mol. The van der Waals surface area contributed by atoms with E-state index in [1.165, 1.54) is 30.3 Å². The fourth-order valence-corrected chi connectivity index (χ4v) is 1.88. The second kappa shape index (κ2) is 7.02. The first-order valence-corrected chi connectivity index (χ1v) is 6.43. The summed E-state index contributed by atoms with van der Waals surface area (Å²) in [6.07, 6.45) is 2.92. The lowest BCUT2D eigenvalue weighted by Gasteiger charge is -2.08. The lowest BCUT2D eigenvalue weighted by atomic mass is 10.1. The maximum atomic E-state index is 10.7. The molecule has 2 amide bonds. The SMILES string of the molecule is COc1ccc(C=NNC(N)=O)cc1Cn1ccc([N+](=O)[O-])n1. The van der Waals surface area contributed by atoms with E-state index in [0.717, 1.165) is 5.56 Å². The maximum absolute atomic E-state index is 10.7. The molecule has 0 unspecified atom stereocenters. The first-order chi connectivity index (χ1) is 11.0. The number of nitrogens with one attached hydrogen (secondary N) is 1. The summed E-state index contributed by atoms with van der Waals surface area (Å²) in [5.74, 6) is 0.371. The van der Waals surface area contributed by atoms with E-state index in [0.29, 0.717) is 11.3 Å². The molecule has 23 heavy (non-hydrogen) atoms. The highest BCUT2D eigenvalue weighted by Gasteiger charge is 2.13. The van der Waals surface area contributed by atoms with Crippen molar-refractivity contribution in [3.8, 4) is 5.75 Å². The van der Waals surface area contributed by atoms with Gasteiger partial charge in [-0.05, 0) is 28.7 Å². The van der Waals surface area contributed by atoms with Crippen molar-refractivity contribution in [1.82, 2.24) is 15.2 Å². The Balaban J connectivity index is 2.22. The van der Waals surface area contributed by atoms with Crippen LogP contribution in [-0.2, 0) is 6.54 Å². The Morgan fingerprint density at radius 3 is 2.96 bits per heavy atom. The molecule has 2 rings (SSSR count). The van der Waals surface area contributed by atoms with Crippen LogP contribution in [0.25, 0.3) is 0 Å². The summed E-state index contributed by atoms with van der Waals surface area (Å²) in [7, 11) is 1.52. The minimum Gasteiger partial charge on any atom is -0.496 e. The molecular weight excluding hydrogens is 304 g/mol. The van der Waals surface area contributed by atoms with E-state index in [1.807, 2.05) is 0 Å². The summed E-state index contributed by atoms with van der Waals surface area (Å²) in [4.78, 5) is 20.7. The van der Waals surface area contributed by atoms with Crippen LogP contribution in [0, 0.1) is 10.1 Å². The van der Waals surface area contributed by atoms with Crippen LogP contribution in [0.15, 0.2) is 35.6 Å². The van der Waals surface area contributed by atoms with Crippen molar-refractivity contribution in [2.24, 2.45) is 10.8 Å². The molecule has 3 N–H and O–H groups in total. The summed E-state index contributed by atoms with van der Waals surface area (Å²) in [5, 5.41) is 18.2. The third-order valence-electron chi connectivity index (χ3n) is 2.84. The molecule has 10 nitrogen and oxygen atoms in total. The number of nitrogens with two attached hydrogens (primary N) is 1. The van der Waals surface area contributed by atoms with Gasteiger partial charge < -0.3 is 20.6 Å². The maximum Gasteiger partial charge on any atom is 0.389 e. The Morgan fingerprint density at radius 1 is 1.57 bits per heavy atom. The van der Waals surface area contributed by atoms with Crippen molar-refractivity contribution in [2.75, 3.05) is 7.11 Å². The van der Waals surface area contributed by atoms with Crippen molar-refractivity contribution < 1.29 is 14.5 Å². The number of primary amides is 1. The van der Waals surface area contributed by atoms with Gasteiger partial charge in [0.1, 0.15) is 5.75 Å². The van der Waals surface area contributed by atoms with E-state index >= 15 is 0 Å². The van der Waals surface area contributed by atoms with Gasteiger partial charge in [0.15, 0.2) is 0 Å². The van der Waals surface area contributed by atoms with Crippen molar-refractivity contribution in [3.05, 3.63) is 51.7 Å². The van der Waals surface area contributed by atoms with E-state index in [9.17, 15) is 14.9 Å². The van der Waals surface area contributed by atoms with Crippen LogP contribution in [0.1, 0.15) is 11.1 Å². The minimum atomic E-state index is -0.765. The lowest BCUT2D eigenvalue weighted by Crippen LogP contribution is -2.24. The molecule has 0 aliphatic heterocycles. The number of carbonyl (C=O) groups excluding carboxylic acids is 1. The van der Waals surface area contributed by atoms with Crippen LogP contribution in [0.3, 0.4) is 0 Å². The van der Waals surface area contributed by atoms with Gasteiger partial charge in [-0.15, -0.1) is 0 Å². The minimum absolute atomic E-state index is 0.229. The molecule has 2 aromatic rings. The molecule has 0 fully saturated rings. The predicted octanol–water partition coefficient (Wildman–Crippen LogP) is 0.850. The zero-order chi connectivity index (χ0) is 16.8. The van der Waals surface area contributed by atoms with Gasteiger partial charge in [0.05, 0.1) is 37.2 Å². The summed E-state index contributed by atoms with van der Waals surface area (Å²) in [6.45, 7) is 0.280. The van der Waals surface area contributed by atoms with E-state index in [2.05, 4.69) is 15.6 Å². The molecule has 1 aromatic heterocycles. The summed E-state index contributed by atoms with van der Waals surface area (Å²) < 4.78 is 6.69. The third kappa shape index (κ3) is 4.27. The van der Waals surface area contributed by atoms with Crippen molar-refractivity contribution in [3.63, 3.8) is 0 Å². The normalized spacial score (nSPS) is 10.7. The molecule has 0 saturated carbocycles. The van der Waals surface area contributed by atoms with Crippen molar-refractivity contribution in [1.29, 1.82) is 0 Å². The molecular formula is C13H14N6O4. The molecule has 10 heteroatoms. The van der Waals surface area contributed by atoms with E-state index in [4.69, 9.17) is 10.5 Å². The number of ether oxygens (including phenoxy) is 1. The number of urea groups is 1. The molecule has 0 aliphatic rings. The van der Waals surface area contributed by atoms with Crippen LogP contribution < -0.4 is 15.9 Å². The van der Waals surface area contributed by atoms with Crippen LogP contribution in [-0.4, -0.2) is 34.1 Å². The number of nitrogens with zero attached hydrogens (tertiary/aromatic N) is 4. The standard InChI is InChI=1S/C13H14N6O4/c1-23-11-3-2-9(7-15-16-13(14)20)6-10(11)8-18-5-4-12(17-18)19(21)22/h2-7H,8H2,1H3,(H3,14,16,20). The molecule has 120 valence electrons. The second-order valence-electron chi connectivity index (χ2n) is 4.43. The highest BCUT2D eigenvalue weighted by molar-refractivity contribution is 5.82. The average molecular weight is 318 g/mol. The Bertz CT molecular complexity index is 755. The highest BCUT2D eigenvalue weighted by Crippen LogP contribution is 2.21. The zero-order valence-corrected chi connectivity index (χ0v) is 12.2. The number of benzene rings is 1. The number of rotatable bonds is 6. The fraction of sp³-hybridized carbons (Fsp3) is 0.154. The van der Waals surface area contributed by atoms with Gasteiger partial charge in [-0.2, -0.15) is 9.78 Å². The smallest absolute Gasteiger partial charge is 0.389 e. The van der Waals surface area contributed by atoms with Gasteiger partial charge >= 0.3 is 11.8 Å². The summed E-state index contributed by atoms with van der Waals surface area (Å²) in [5.41, 5.74) is 8.44. The summed E-state index contributed by atoms with van der Waals surface area (Å²) >= 11 is 0. The molecule has 0 spiro atoms. The molecule has 0 saturated heterocycles. The molecule has 0 bridgehead atoms. The van der Waals surface area contributed by atoms with Crippen LogP contribution in [0.5, 0.6) is 5.75 Å². The van der Waals surface area contributed by atoms with E-state index in [-0.39, 0.29) is 12.4 Å². The Kier molecular flexibility index (Phi) is 4.87. The first kappa shape index (κ1) is 15.9. The van der Waals surface area contributed by atoms with Gasteiger partial charge in [0, 0.05) is 5.56 Å². The quantitative estimate of drug-likeness (QED) is 0.462. The van der Waals surface area contributed by atoms with Gasteiger partial charge in [0.2, 0.25) is 0 Å². The predicted molar refractivity (Wildman–Crippen MR) is 81.3 cm³/mol. The molecule has 0 atom stereocenters. The van der Waals surface area contributed by atoms with Crippen LogP contribution in [0.2, 0.25) is 0 Å². The Morgan fingerprint density at radius 2 is 2.35 bits per heavy atom. The lowest BCUT2D eigenvalue weighted by molar-refractivity contribution is -0.389. The van der Waals surface area contributed by atoms with Gasteiger partial charge in [0.25, 0.3) is 0 Å². The second-order valence-corrected chi connectivity index (χ2v) is 4.43. The van der Waals surface area contributed by atoms with Crippen molar-refractivity contribution in [2.45, 2.75) is 6.54 Å². The Labute approximate surface area is 130 Å². The number of amides is 2. The topological polar surface area (TPSA) is 138 Å².